The third-order valence-corrected chi connectivity index (χ3v) is 4.91. The lowest BCUT2D eigenvalue weighted by Gasteiger charge is -2.11. The molecule has 7 nitrogen and oxygen atoms in total. The van der Waals surface area contributed by atoms with Crippen LogP contribution < -0.4 is 9.47 Å². The van der Waals surface area contributed by atoms with E-state index in [0.29, 0.717) is 26.1 Å². The molecule has 0 aliphatic rings. The second kappa shape index (κ2) is 18.1. The molecular weight excluding hydrogens is 467 g/mol. The van der Waals surface area contributed by atoms with Crippen LogP contribution in [0.15, 0.2) is 60.4 Å². The predicted octanol–water partition coefficient (Wildman–Crippen LogP) is 5.60. The van der Waals surface area contributed by atoms with Crippen molar-refractivity contribution < 1.29 is 37.7 Å². The third kappa shape index (κ3) is 13.0. The number of rotatable bonds is 14. The Morgan fingerprint density at radius 3 is 1.67 bits per heavy atom. The van der Waals surface area contributed by atoms with Gasteiger partial charge < -0.3 is 28.5 Å². The number of aldehydes is 1. The summed E-state index contributed by atoms with van der Waals surface area (Å²) in [6.07, 6.45) is 2.59. The molecule has 2 aromatic rings. The van der Waals surface area contributed by atoms with E-state index in [-0.39, 0.29) is 18.8 Å². The van der Waals surface area contributed by atoms with Crippen molar-refractivity contribution in [3.8, 4) is 11.5 Å². The summed E-state index contributed by atoms with van der Waals surface area (Å²) in [6.45, 7) is 6.44. The quantitative estimate of drug-likeness (QED) is 0.188. The minimum Gasteiger partial charge on any atom is -0.497 e. The minimum atomic E-state index is -0.931. The van der Waals surface area contributed by atoms with E-state index in [1.807, 2.05) is 62.4 Å². The molecule has 0 bridgehead atoms. The number of ether oxygens (including phenoxy) is 5. The molecule has 198 valence electrons. The number of hydrogen-bond donors (Lipinski definition) is 0. The molecule has 36 heavy (non-hydrogen) atoms. The zero-order valence-corrected chi connectivity index (χ0v) is 21.7. The summed E-state index contributed by atoms with van der Waals surface area (Å²) >= 11 is 0. The fourth-order valence-corrected chi connectivity index (χ4v) is 2.74. The highest BCUT2D eigenvalue weighted by atomic mass is 19.1. The molecule has 2 atom stereocenters. The van der Waals surface area contributed by atoms with Crippen molar-refractivity contribution in [2.75, 3.05) is 20.8 Å². The zero-order chi connectivity index (χ0) is 26.8. The Bertz CT molecular complexity index is 911. The minimum absolute atomic E-state index is 0.0235. The van der Waals surface area contributed by atoms with Gasteiger partial charge >= 0.3 is 5.97 Å². The molecule has 0 spiro atoms. The van der Waals surface area contributed by atoms with Crippen LogP contribution in [-0.2, 0) is 37.0 Å². The first-order chi connectivity index (χ1) is 17.3. The second-order valence-electron chi connectivity index (χ2n) is 7.85. The normalized spacial score (nSPS) is 12.6. The van der Waals surface area contributed by atoms with E-state index in [2.05, 4.69) is 4.74 Å². The number of carbonyl (C=O) groups is 2. The molecule has 2 rings (SSSR count). The predicted molar refractivity (Wildman–Crippen MR) is 136 cm³/mol. The van der Waals surface area contributed by atoms with E-state index in [1.54, 1.807) is 21.1 Å². The highest BCUT2D eigenvalue weighted by Crippen LogP contribution is 2.14. The monoisotopic (exact) mass is 504 g/mol. The molecule has 0 amide bonds. The molecule has 0 N–H and O–H groups in total. The largest absolute Gasteiger partial charge is 0.497 e. The summed E-state index contributed by atoms with van der Waals surface area (Å²) in [5.74, 6) is -0.192. The van der Waals surface area contributed by atoms with Gasteiger partial charge in [-0.1, -0.05) is 24.3 Å². The smallest absolute Gasteiger partial charge is 0.366 e. The summed E-state index contributed by atoms with van der Waals surface area (Å²) in [6, 6.07) is 15.2. The maximum atomic E-state index is 13.3. The molecular formula is C28H37FO7. The molecule has 0 aliphatic heterocycles. The van der Waals surface area contributed by atoms with Crippen LogP contribution in [-0.4, -0.2) is 45.3 Å². The standard InChI is InChI=1S/C16H21FO4.C12H16O3/c1-4-20-16(18)15(17)10-5-12(2)21-11-13-6-8-14(19-3)9-7-13;1-10(7-8-13)15-9-11-3-5-12(14-2)6-4-11/h6-10,12H,4-5,11H2,1-3H3;3-6,8,10H,7,9H2,1-2H3/b15-10+;/t12-;10-/m11/s1. The number of methoxy groups -OCH3 is 2. The maximum Gasteiger partial charge on any atom is 0.366 e. The lowest BCUT2D eigenvalue weighted by molar-refractivity contribution is -0.140. The molecule has 0 unspecified atom stereocenters. The highest BCUT2D eigenvalue weighted by molar-refractivity contribution is 5.85. The molecule has 0 radical (unpaired) electrons. The highest BCUT2D eigenvalue weighted by Gasteiger charge is 2.10. The van der Waals surface area contributed by atoms with Crippen molar-refractivity contribution in [1.82, 2.24) is 0 Å². The van der Waals surface area contributed by atoms with Crippen LogP contribution in [0.5, 0.6) is 11.5 Å². The Kier molecular flexibility index (Phi) is 15.5. The van der Waals surface area contributed by atoms with Gasteiger partial charge in [0.05, 0.1) is 46.2 Å². The Morgan fingerprint density at radius 2 is 1.28 bits per heavy atom. The molecule has 0 aliphatic carbocycles. The summed E-state index contributed by atoms with van der Waals surface area (Å²) < 4.78 is 39.0. The molecule has 0 saturated heterocycles. The number of halogens is 1. The van der Waals surface area contributed by atoms with Crippen LogP contribution >= 0.6 is 0 Å². The van der Waals surface area contributed by atoms with Gasteiger partial charge in [0.15, 0.2) is 0 Å². The van der Waals surface area contributed by atoms with Gasteiger partial charge in [-0.15, -0.1) is 0 Å². The van der Waals surface area contributed by atoms with Gasteiger partial charge in [0.2, 0.25) is 5.83 Å². The zero-order valence-electron chi connectivity index (χ0n) is 21.7. The molecule has 2 aromatic carbocycles. The molecule has 0 heterocycles. The van der Waals surface area contributed by atoms with Gasteiger partial charge in [0.1, 0.15) is 17.8 Å². The summed E-state index contributed by atoms with van der Waals surface area (Å²) in [4.78, 5) is 21.3. The van der Waals surface area contributed by atoms with Gasteiger partial charge in [0.25, 0.3) is 0 Å². The van der Waals surface area contributed by atoms with Gasteiger partial charge in [0, 0.05) is 6.42 Å². The molecule has 0 aromatic heterocycles. The van der Waals surface area contributed by atoms with Crippen molar-refractivity contribution in [2.24, 2.45) is 0 Å². The van der Waals surface area contributed by atoms with E-state index < -0.39 is 11.8 Å². The summed E-state index contributed by atoms with van der Waals surface area (Å²) in [5.41, 5.74) is 2.08. The van der Waals surface area contributed by atoms with Crippen LogP contribution in [0.25, 0.3) is 0 Å². The third-order valence-electron chi connectivity index (χ3n) is 4.91. The van der Waals surface area contributed by atoms with Crippen molar-refractivity contribution >= 4 is 12.3 Å². The van der Waals surface area contributed by atoms with Crippen molar-refractivity contribution in [2.45, 2.75) is 59.0 Å². The number of esters is 1. The fourth-order valence-electron chi connectivity index (χ4n) is 2.74. The van der Waals surface area contributed by atoms with Crippen LogP contribution in [0.2, 0.25) is 0 Å². The Hall–Kier alpha value is -3.23. The Balaban J connectivity index is 0.000000381. The molecule has 0 fully saturated rings. The number of benzene rings is 2. The number of hydrogen-bond acceptors (Lipinski definition) is 7. The van der Waals surface area contributed by atoms with E-state index in [4.69, 9.17) is 18.9 Å². The molecule has 0 saturated carbocycles. The lowest BCUT2D eigenvalue weighted by atomic mass is 10.2. The SMILES string of the molecule is CCOC(=O)/C(F)=C\C[C@@H](C)OCc1ccc(OC)cc1.COc1ccc(CO[C@H](C)CC=O)cc1. The maximum absolute atomic E-state index is 13.3. The second-order valence-corrected chi connectivity index (χ2v) is 7.85. The Labute approximate surface area is 213 Å². The van der Waals surface area contributed by atoms with Gasteiger partial charge in [-0.2, -0.15) is 4.39 Å². The summed E-state index contributed by atoms with van der Waals surface area (Å²) in [5, 5.41) is 0. The van der Waals surface area contributed by atoms with Crippen LogP contribution in [0.4, 0.5) is 4.39 Å². The van der Waals surface area contributed by atoms with Gasteiger partial charge in [-0.3, -0.25) is 0 Å². The first kappa shape index (κ1) is 30.8. The van der Waals surface area contributed by atoms with Gasteiger partial charge in [-0.25, -0.2) is 4.79 Å². The van der Waals surface area contributed by atoms with Crippen LogP contribution in [0.1, 0.15) is 44.7 Å². The Morgan fingerprint density at radius 1 is 0.833 bits per heavy atom. The van der Waals surface area contributed by atoms with Crippen molar-refractivity contribution in [3.63, 3.8) is 0 Å². The average Bonchev–Trinajstić information content (AvgIpc) is 2.90. The van der Waals surface area contributed by atoms with E-state index in [9.17, 15) is 14.0 Å². The fraction of sp³-hybridized carbons (Fsp3) is 0.429. The molecule has 8 heteroatoms. The topological polar surface area (TPSA) is 80.3 Å². The van der Waals surface area contributed by atoms with Crippen LogP contribution in [0, 0.1) is 0 Å². The van der Waals surface area contributed by atoms with Gasteiger partial charge in [-0.05, 0) is 68.7 Å². The number of carbonyl (C=O) groups excluding carboxylic acids is 2. The summed E-state index contributed by atoms with van der Waals surface area (Å²) in [7, 11) is 3.25. The van der Waals surface area contributed by atoms with Crippen LogP contribution in [0.3, 0.4) is 0 Å². The van der Waals surface area contributed by atoms with E-state index >= 15 is 0 Å². The average molecular weight is 505 g/mol. The van der Waals surface area contributed by atoms with E-state index in [1.165, 1.54) is 6.08 Å². The lowest BCUT2D eigenvalue weighted by Crippen LogP contribution is -2.09. The van der Waals surface area contributed by atoms with E-state index in [0.717, 1.165) is 28.9 Å². The van der Waals surface area contributed by atoms with Crippen molar-refractivity contribution in [1.29, 1.82) is 0 Å². The van der Waals surface area contributed by atoms with Crippen molar-refractivity contribution in [3.05, 3.63) is 71.6 Å². The first-order valence-electron chi connectivity index (χ1n) is 11.8. The first-order valence-corrected chi connectivity index (χ1v) is 11.8.